The summed E-state index contributed by atoms with van der Waals surface area (Å²) in [4.78, 5) is 42.2. The van der Waals surface area contributed by atoms with Gasteiger partial charge in [-0.2, -0.15) is 0 Å². The normalized spacial score (nSPS) is 13.1. The summed E-state index contributed by atoms with van der Waals surface area (Å²) in [6.45, 7) is 10.7. The van der Waals surface area contributed by atoms with Crippen LogP contribution in [0.25, 0.3) is 0 Å². The van der Waals surface area contributed by atoms with Crippen molar-refractivity contribution in [3.05, 3.63) is 63.6 Å². The maximum absolute atomic E-state index is 13.4. The van der Waals surface area contributed by atoms with Crippen molar-refractivity contribution in [1.29, 1.82) is 0 Å². The van der Waals surface area contributed by atoms with Crippen molar-refractivity contribution < 1.29 is 19.1 Å². The smallest absolute Gasteiger partial charge is 0.410 e. The Bertz CT molecular complexity index is 1190. The molecular formula is C29H39Cl2N5O4. The van der Waals surface area contributed by atoms with Crippen LogP contribution in [0.3, 0.4) is 0 Å². The Balaban J connectivity index is 1.66. The van der Waals surface area contributed by atoms with Crippen LogP contribution in [0.1, 0.15) is 45.7 Å². The lowest BCUT2D eigenvalue weighted by molar-refractivity contribution is -0.145. The molecule has 2 aromatic carbocycles. The van der Waals surface area contributed by atoms with Gasteiger partial charge >= 0.3 is 6.09 Å². The Morgan fingerprint density at radius 2 is 1.65 bits per heavy atom. The molecular weight excluding hydrogens is 553 g/mol. The Morgan fingerprint density at radius 3 is 2.23 bits per heavy atom. The van der Waals surface area contributed by atoms with Crippen LogP contribution in [0.2, 0.25) is 10.0 Å². The monoisotopic (exact) mass is 591 g/mol. The van der Waals surface area contributed by atoms with Crippen LogP contribution in [-0.4, -0.2) is 77.7 Å². The quantitative estimate of drug-likeness (QED) is 0.421. The van der Waals surface area contributed by atoms with E-state index in [0.29, 0.717) is 28.8 Å². The molecule has 2 aromatic rings. The SMILES string of the molecule is CC(C)N(CCNC(=O)CN(CC(=O)N(C)N1Cc2ccccc2C1)c1cc(Cl)ccc1Cl)C(=O)OC(C)(C)C. The van der Waals surface area contributed by atoms with E-state index < -0.39 is 11.7 Å². The van der Waals surface area contributed by atoms with Crippen molar-refractivity contribution in [2.75, 3.05) is 38.1 Å². The molecule has 0 unspecified atom stereocenters. The average Bonchev–Trinajstić information content (AvgIpc) is 3.30. The Morgan fingerprint density at radius 1 is 1.02 bits per heavy atom. The molecule has 0 aliphatic carbocycles. The zero-order valence-corrected chi connectivity index (χ0v) is 25.6. The largest absolute Gasteiger partial charge is 0.444 e. The van der Waals surface area contributed by atoms with Gasteiger partial charge in [0.05, 0.1) is 23.8 Å². The predicted octanol–water partition coefficient (Wildman–Crippen LogP) is 4.95. The first-order valence-corrected chi connectivity index (χ1v) is 14.0. The molecule has 9 nitrogen and oxygen atoms in total. The summed E-state index contributed by atoms with van der Waals surface area (Å²) in [5.41, 5.74) is 2.21. The molecule has 0 saturated heterocycles. The Kier molecular flexibility index (Phi) is 10.7. The summed E-state index contributed by atoms with van der Waals surface area (Å²) in [5, 5.41) is 7.20. The van der Waals surface area contributed by atoms with E-state index in [-0.39, 0.29) is 44.0 Å². The van der Waals surface area contributed by atoms with Crippen LogP contribution >= 0.6 is 23.2 Å². The van der Waals surface area contributed by atoms with Gasteiger partial charge in [-0.3, -0.25) is 14.6 Å². The zero-order valence-electron chi connectivity index (χ0n) is 24.0. The van der Waals surface area contributed by atoms with Crippen LogP contribution in [-0.2, 0) is 27.4 Å². The number of amides is 3. The molecule has 11 heteroatoms. The van der Waals surface area contributed by atoms with Crippen molar-refractivity contribution in [2.45, 2.75) is 59.4 Å². The molecule has 0 bridgehead atoms. The number of nitrogens with zero attached hydrogens (tertiary/aromatic N) is 4. The topological polar surface area (TPSA) is 85.4 Å². The third-order valence-electron chi connectivity index (χ3n) is 6.44. The van der Waals surface area contributed by atoms with Gasteiger partial charge in [0.25, 0.3) is 5.91 Å². The highest BCUT2D eigenvalue weighted by atomic mass is 35.5. The maximum atomic E-state index is 13.4. The molecule has 3 amide bonds. The summed E-state index contributed by atoms with van der Waals surface area (Å²) in [5.74, 6) is -0.527. The number of hydrogen-bond acceptors (Lipinski definition) is 6. The van der Waals surface area contributed by atoms with Crippen LogP contribution < -0.4 is 10.2 Å². The minimum absolute atomic E-state index is 0.0904. The first-order chi connectivity index (χ1) is 18.7. The van der Waals surface area contributed by atoms with E-state index in [1.807, 2.05) is 51.8 Å². The number of carbonyl (C=O) groups is 3. The number of likely N-dealkylation sites (N-methyl/N-ethyl adjacent to an activating group) is 1. The van der Waals surface area contributed by atoms with Gasteiger partial charge in [0.1, 0.15) is 5.60 Å². The second-order valence-electron chi connectivity index (χ2n) is 11.1. The van der Waals surface area contributed by atoms with Gasteiger partial charge in [0.2, 0.25) is 5.91 Å². The lowest BCUT2D eigenvalue weighted by atomic mass is 10.1. The second kappa shape index (κ2) is 13.6. The number of fused-ring (bicyclic) bond motifs is 1. The Hall–Kier alpha value is -3.01. The molecule has 3 rings (SSSR count). The van der Waals surface area contributed by atoms with E-state index >= 15 is 0 Å². The van der Waals surface area contributed by atoms with Crippen LogP contribution in [0.4, 0.5) is 10.5 Å². The molecule has 1 N–H and O–H groups in total. The number of ether oxygens (including phenoxy) is 1. The van der Waals surface area contributed by atoms with Crippen molar-refractivity contribution in [3.63, 3.8) is 0 Å². The highest BCUT2D eigenvalue weighted by Crippen LogP contribution is 2.29. The van der Waals surface area contributed by atoms with E-state index in [4.69, 9.17) is 27.9 Å². The predicted molar refractivity (Wildman–Crippen MR) is 158 cm³/mol. The molecule has 1 aliphatic rings. The van der Waals surface area contributed by atoms with Gasteiger partial charge in [-0.15, -0.1) is 0 Å². The van der Waals surface area contributed by atoms with Crippen molar-refractivity contribution in [3.8, 4) is 0 Å². The fourth-order valence-electron chi connectivity index (χ4n) is 4.33. The zero-order chi connectivity index (χ0) is 29.6. The van der Waals surface area contributed by atoms with Crippen LogP contribution in [0, 0.1) is 0 Å². The van der Waals surface area contributed by atoms with Crippen molar-refractivity contribution in [2.24, 2.45) is 0 Å². The summed E-state index contributed by atoms with van der Waals surface area (Å²) in [6, 6.07) is 12.9. The molecule has 0 atom stereocenters. The highest BCUT2D eigenvalue weighted by Gasteiger charge is 2.28. The maximum Gasteiger partial charge on any atom is 0.410 e. The number of anilines is 1. The fraction of sp³-hybridized carbons (Fsp3) is 0.483. The lowest BCUT2D eigenvalue weighted by Crippen LogP contribution is -2.49. The number of hydrogen-bond donors (Lipinski definition) is 1. The van der Waals surface area contributed by atoms with E-state index in [2.05, 4.69) is 17.4 Å². The van der Waals surface area contributed by atoms with Crippen molar-refractivity contribution >= 4 is 46.8 Å². The van der Waals surface area contributed by atoms with Gasteiger partial charge in [-0.25, -0.2) is 9.80 Å². The minimum atomic E-state index is -0.623. The summed E-state index contributed by atoms with van der Waals surface area (Å²) in [6.07, 6.45) is -0.443. The Labute approximate surface area is 246 Å². The molecule has 0 saturated carbocycles. The van der Waals surface area contributed by atoms with Crippen LogP contribution in [0.5, 0.6) is 0 Å². The molecule has 0 spiro atoms. The van der Waals surface area contributed by atoms with Gasteiger partial charge < -0.3 is 19.9 Å². The van der Waals surface area contributed by atoms with E-state index in [0.717, 1.165) is 0 Å². The number of rotatable bonds is 10. The van der Waals surface area contributed by atoms with Crippen LogP contribution in [0.15, 0.2) is 42.5 Å². The number of halogens is 2. The minimum Gasteiger partial charge on any atom is -0.444 e. The summed E-state index contributed by atoms with van der Waals surface area (Å²) >= 11 is 12.7. The van der Waals surface area contributed by atoms with E-state index in [9.17, 15) is 14.4 Å². The van der Waals surface area contributed by atoms with Gasteiger partial charge in [-0.05, 0) is 63.9 Å². The lowest BCUT2D eigenvalue weighted by Gasteiger charge is -2.32. The standard InChI is InChI=1S/C29H39Cl2N5O4/c1-20(2)36(28(39)40-29(3,4)5)14-13-32-26(37)18-34(25-15-23(30)11-12-24(25)31)19-27(38)33(6)35-16-21-9-7-8-10-22(21)17-35/h7-12,15,20H,13-14,16-19H2,1-6H3,(H,32,37). The number of hydrazine groups is 1. The first kappa shape index (κ1) is 31.5. The molecule has 0 fully saturated rings. The number of carbonyl (C=O) groups excluding carboxylic acids is 3. The van der Waals surface area contributed by atoms with Gasteiger partial charge in [0.15, 0.2) is 0 Å². The first-order valence-electron chi connectivity index (χ1n) is 13.3. The average molecular weight is 593 g/mol. The summed E-state index contributed by atoms with van der Waals surface area (Å²) < 4.78 is 5.49. The number of nitrogens with one attached hydrogen (secondary N) is 1. The molecule has 0 aromatic heterocycles. The highest BCUT2D eigenvalue weighted by molar-refractivity contribution is 6.35. The molecule has 1 aliphatic heterocycles. The summed E-state index contributed by atoms with van der Waals surface area (Å²) in [7, 11) is 1.73. The molecule has 0 radical (unpaired) electrons. The third-order valence-corrected chi connectivity index (χ3v) is 7.00. The van der Waals surface area contributed by atoms with E-state index in [1.165, 1.54) is 11.1 Å². The fourth-order valence-corrected chi connectivity index (χ4v) is 4.73. The number of benzene rings is 2. The molecule has 1 heterocycles. The molecule has 40 heavy (non-hydrogen) atoms. The van der Waals surface area contributed by atoms with Gasteiger partial charge in [-0.1, -0.05) is 47.5 Å². The van der Waals surface area contributed by atoms with Crippen molar-refractivity contribution in [1.82, 2.24) is 20.2 Å². The third kappa shape index (κ3) is 8.74. The van der Waals surface area contributed by atoms with Gasteiger partial charge in [0, 0.05) is 44.3 Å². The van der Waals surface area contributed by atoms with E-state index in [1.54, 1.807) is 40.1 Å². The molecule has 218 valence electrons. The second-order valence-corrected chi connectivity index (χ2v) is 11.9.